The minimum absolute atomic E-state index is 0. The van der Waals surface area contributed by atoms with Crippen LogP contribution in [0.25, 0.3) is 10.8 Å². The van der Waals surface area contributed by atoms with E-state index in [0.717, 1.165) is 6.07 Å². The first-order valence-corrected chi connectivity index (χ1v) is 8.21. The summed E-state index contributed by atoms with van der Waals surface area (Å²) in [4.78, 5) is -1.18. The maximum atomic E-state index is 11.3. The molecule has 11 heteroatoms. The first-order valence-electron chi connectivity index (χ1n) is 5.33. The number of fused-ring (bicyclic) bond motifs is 1. The summed E-state index contributed by atoms with van der Waals surface area (Å²) >= 11 is 0. The molecular formula is C11H13NNa2O6S2. The molecule has 0 fully saturated rings. The summed E-state index contributed by atoms with van der Waals surface area (Å²) in [5.74, 6) is 0. The summed E-state index contributed by atoms with van der Waals surface area (Å²) < 4.78 is 63.3. The van der Waals surface area contributed by atoms with Gasteiger partial charge in [0.2, 0.25) is 0 Å². The summed E-state index contributed by atoms with van der Waals surface area (Å²) in [6.45, 7) is 0. The molecule has 0 atom stereocenters. The van der Waals surface area contributed by atoms with Crippen molar-refractivity contribution in [2.75, 3.05) is 12.4 Å². The summed E-state index contributed by atoms with van der Waals surface area (Å²) in [5, 5.41) is 3.21. The van der Waals surface area contributed by atoms with Crippen molar-refractivity contribution < 1.29 is 87.9 Å². The summed E-state index contributed by atoms with van der Waals surface area (Å²) in [7, 11) is -7.58. The van der Waals surface area contributed by atoms with E-state index >= 15 is 0 Å². The van der Waals surface area contributed by atoms with E-state index in [0.29, 0.717) is 11.8 Å². The monoisotopic (exact) mass is 365 g/mol. The summed E-state index contributed by atoms with van der Waals surface area (Å²) in [5.41, 5.74) is 0.617. The van der Waals surface area contributed by atoms with E-state index in [4.69, 9.17) is 4.55 Å². The van der Waals surface area contributed by atoms with Crippen LogP contribution in [-0.2, 0) is 20.2 Å². The molecule has 3 N–H and O–H groups in total. The van der Waals surface area contributed by atoms with Crippen LogP contribution in [0.5, 0.6) is 0 Å². The molecule has 0 aliphatic heterocycles. The van der Waals surface area contributed by atoms with Gasteiger partial charge in [-0.15, -0.1) is 0 Å². The third kappa shape index (κ3) is 4.91. The Labute approximate surface area is 175 Å². The maximum absolute atomic E-state index is 11.3. The van der Waals surface area contributed by atoms with Crippen LogP contribution in [0.3, 0.4) is 0 Å². The maximum Gasteiger partial charge on any atom is 1.00 e. The Morgan fingerprint density at radius 2 is 1.55 bits per heavy atom. The predicted molar refractivity (Wildman–Crippen MR) is 75.3 cm³/mol. The number of benzene rings is 2. The van der Waals surface area contributed by atoms with Gasteiger partial charge in [-0.25, -0.2) is 0 Å². The molecule has 2 aromatic carbocycles. The summed E-state index contributed by atoms with van der Waals surface area (Å²) in [6, 6.07) is 6.34. The standard InChI is InChI=1S/C11H11NO6S2.2Na.2H/c1-12-8-2-3-10-7(4-8)5-9(19(13,14)15)6-11(10)20(16,17)18;;;;/h2-6,12H,1H3,(H,13,14,15)(H,16,17,18);;;;/q;2*+1;2*-1. The molecule has 0 radical (unpaired) electrons. The van der Waals surface area contributed by atoms with Gasteiger partial charge in [0.25, 0.3) is 20.2 Å². The van der Waals surface area contributed by atoms with Crippen molar-refractivity contribution in [3.05, 3.63) is 30.3 Å². The number of hydrogen-bond acceptors (Lipinski definition) is 5. The molecule has 22 heavy (non-hydrogen) atoms. The Morgan fingerprint density at radius 1 is 0.955 bits per heavy atom. The molecule has 0 bridgehead atoms. The quantitative estimate of drug-likeness (QED) is 0.371. The van der Waals surface area contributed by atoms with Gasteiger partial charge in [-0.2, -0.15) is 16.8 Å². The fourth-order valence-corrected chi connectivity index (χ4v) is 3.18. The first kappa shape index (κ1) is 22.3. The van der Waals surface area contributed by atoms with Crippen LogP contribution in [0.15, 0.2) is 40.1 Å². The Kier molecular flexibility index (Phi) is 8.04. The minimum Gasteiger partial charge on any atom is -1.00 e. The van der Waals surface area contributed by atoms with E-state index in [9.17, 15) is 21.4 Å². The van der Waals surface area contributed by atoms with Crippen molar-refractivity contribution in [1.29, 1.82) is 0 Å². The van der Waals surface area contributed by atoms with Gasteiger partial charge >= 0.3 is 59.1 Å². The number of rotatable bonds is 3. The van der Waals surface area contributed by atoms with Crippen molar-refractivity contribution in [2.24, 2.45) is 0 Å². The second-order valence-corrected chi connectivity index (χ2v) is 6.87. The predicted octanol–water partition coefficient (Wildman–Crippen LogP) is -4.39. The number of nitrogens with one attached hydrogen (secondary N) is 1. The van der Waals surface area contributed by atoms with E-state index in [-0.39, 0.29) is 72.7 Å². The van der Waals surface area contributed by atoms with Crippen LogP contribution in [0.4, 0.5) is 5.69 Å². The fraction of sp³-hybridized carbons (Fsp3) is 0.0909. The average Bonchev–Trinajstić information content (AvgIpc) is 2.34. The van der Waals surface area contributed by atoms with Gasteiger partial charge < -0.3 is 8.17 Å². The van der Waals surface area contributed by atoms with Crippen molar-refractivity contribution in [2.45, 2.75) is 9.79 Å². The Bertz CT molecular complexity index is 906. The molecule has 7 nitrogen and oxygen atoms in total. The Balaban J connectivity index is -0.00000110. The van der Waals surface area contributed by atoms with E-state index in [2.05, 4.69) is 5.32 Å². The van der Waals surface area contributed by atoms with Gasteiger partial charge in [-0.05, 0) is 29.7 Å². The van der Waals surface area contributed by atoms with Crippen molar-refractivity contribution in [3.63, 3.8) is 0 Å². The van der Waals surface area contributed by atoms with Crippen LogP contribution < -0.4 is 64.4 Å². The second-order valence-electron chi connectivity index (χ2n) is 4.06. The summed E-state index contributed by atoms with van der Waals surface area (Å²) in [6.07, 6.45) is 0. The number of anilines is 1. The van der Waals surface area contributed by atoms with Crippen LogP contribution in [0.1, 0.15) is 2.85 Å². The zero-order chi connectivity index (χ0) is 15.1. The van der Waals surface area contributed by atoms with Crippen molar-refractivity contribution in [3.8, 4) is 0 Å². The van der Waals surface area contributed by atoms with Gasteiger partial charge in [-0.3, -0.25) is 9.11 Å². The molecule has 112 valence electrons. The third-order valence-electron chi connectivity index (χ3n) is 2.75. The fourth-order valence-electron chi connectivity index (χ4n) is 1.83. The molecule has 0 amide bonds. The van der Waals surface area contributed by atoms with Gasteiger partial charge in [0.05, 0.1) is 4.90 Å². The molecule has 2 aromatic rings. The molecule has 0 heterocycles. The Morgan fingerprint density at radius 3 is 2.00 bits per heavy atom. The zero-order valence-corrected chi connectivity index (χ0v) is 17.9. The molecule has 2 rings (SSSR count). The van der Waals surface area contributed by atoms with Crippen LogP contribution in [0.2, 0.25) is 0 Å². The van der Waals surface area contributed by atoms with Crippen LogP contribution in [0, 0.1) is 0 Å². The molecule has 0 saturated heterocycles. The van der Waals surface area contributed by atoms with E-state index in [1.165, 1.54) is 12.1 Å². The van der Waals surface area contributed by atoms with E-state index in [1.54, 1.807) is 13.1 Å². The van der Waals surface area contributed by atoms with Crippen molar-refractivity contribution in [1.82, 2.24) is 0 Å². The largest absolute Gasteiger partial charge is 1.00 e. The molecule has 0 unspecified atom stereocenters. The van der Waals surface area contributed by atoms with Gasteiger partial charge in [0.1, 0.15) is 4.90 Å². The molecule has 0 aromatic heterocycles. The molecular weight excluding hydrogens is 352 g/mol. The van der Waals surface area contributed by atoms with Gasteiger partial charge in [0.15, 0.2) is 0 Å². The average molecular weight is 365 g/mol. The third-order valence-corrected chi connectivity index (χ3v) is 4.48. The number of hydrogen-bond donors (Lipinski definition) is 3. The second kappa shape index (κ2) is 7.93. The topological polar surface area (TPSA) is 121 Å². The minimum atomic E-state index is -4.63. The Hall–Kier alpha value is 0.320. The van der Waals surface area contributed by atoms with Gasteiger partial charge in [-0.1, -0.05) is 6.07 Å². The van der Waals surface area contributed by atoms with Crippen LogP contribution in [-0.4, -0.2) is 33.0 Å². The molecule has 0 aliphatic rings. The van der Waals surface area contributed by atoms with Gasteiger partial charge in [0, 0.05) is 18.1 Å². The zero-order valence-electron chi connectivity index (χ0n) is 14.2. The normalized spacial score (nSPS) is 11.4. The molecule has 0 saturated carbocycles. The van der Waals surface area contributed by atoms with Crippen LogP contribution >= 0.6 is 0 Å². The molecule has 0 spiro atoms. The smallest absolute Gasteiger partial charge is 1.00 e. The van der Waals surface area contributed by atoms with E-state index < -0.39 is 30.0 Å². The molecule has 0 aliphatic carbocycles. The SMILES string of the molecule is CNc1ccc2c(S(=O)(=O)O)cc(S(=O)(=O)O)cc2c1.[H-].[H-].[Na+].[Na+]. The van der Waals surface area contributed by atoms with Crippen molar-refractivity contribution >= 4 is 36.7 Å². The van der Waals surface area contributed by atoms with E-state index in [1.807, 2.05) is 0 Å². The first-order chi connectivity index (χ1) is 9.13.